The topological polar surface area (TPSA) is 55.1 Å². The average Bonchev–Trinajstić information content (AvgIpc) is 3.17. The van der Waals surface area contributed by atoms with Gasteiger partial charge in [-0.2, -0.15) is 9.61 Å². The van der Waals surface area contributed by atoms with E-state index < -0.39 is 0 Å². The Bertz CT molecular complexity index is 712. The van der Waals surface area contributed by atoms with Crippen LogP contribution in [0.3, 0.4) is 0 Å². The Morgan fingerprint density at radius 2 is 2.05 bits per heavy atom. The molecule has 1 fully saturated rings. The van der Waals surface area contributed by atoms with E-state index in [1.807, 2.05) is 22.7 Å². The van der Waals surface area contributed by atoms with Gasteiger partial charge < -0.3 is 5.32 Å². The van der Waals surface area contributed by atoms with Crippen molar-refractivity contribution < 1.29 is 0 Å². The molecule has 1 aliphatic heterocycles. The monoisotopic (exact) mass is 285 g/mol. The van der Waals surface area contributed by atoms with Crippen LogP contribution in [-0.4, -0.2) is 32.9 Å². The fourth-order valence-corrected chi connectivity index (χ4v) is 3.39. The lowest BCUT2D eigenvalue weighted by Gasteiger charge is -2.20. The summed E-state index contributed by atoms with van der Waals surface area (Å²) in [5.41, 5.74) is 1.82. The Morgan fingerprint density at radius 1 is 1.15 bits per heavy atom. The molecule has 0 saturated carbocycles. The van der Waals surface area contributed by atoms with Crippen LogP contribution in [0.25, 0.3) is 16.2 Å². The molecule has 0 aliphatic carbocycles. The standard InChI is InChI=1S/C14H15N5S/c1-2-12(20-9-1)11-3-4-13-16-17-14(19(13)18-11)10-5-7-15-8-6-10/h1-4,9-10,15H,5-8H2. The van der Waals surface area contributed by atoms with Gasteiger partial charge in [0.2, 0.25) is 0 Å². The first kappa shape index (κ1) is 12.0. The van der Waals surface area contributed by atoms with E-state index in [2.05, 4.69) is 27.0 Å². The van der Waals surface area contributed by atoms with Crippen LogP contribution >= 0.6 is 11.3 Å². The minimum absolute atomic E-state index is 0.456. The van der Waals surface area contributed by atoms with Crippen LogP contribution in [-0.2, 0) is 0 Å². The SMILES string of the molecule is c1csc(-c2ccc3nnc(C4CCNCC4)n3n2)c1. The van der Waals surface area contributed by atoms with Crippen LogP contribution in [0.15, 0.2) is 29.6 Å². The normalized spacial score (nSPS) is 16.8. The fourth-order valence-electron chi connectivity index (χ4n) is 2.70. The van der Waals surface area contributed by atoms with E-state index in [0.717, 1.165) is 43.1 Å². The van der Waals surface area contributed by atoms with Gasteiger partial charge in [0.25, 0.3) is 0 Å². The minimum atomic E-state index is 0.456. The van der Waals surface area contributed by atoms with Crippen molar-refractivity contribution >= 4 is 17.0 Å². The van der Waals surface area contributed by atoms with Crippen molar-refractivity contribution in [2.75, 3.05) is 13.1 Å². The van der Waals surface area contributed by atoms with E-state index in [1.165, 1.54) is 4.88 Å². The summed E-state index contributed by atoms with van der Waals surface area (Å²) in [5, 5.41) is 18.8. The first-order valence-corrected chi connectivity index (χ1v) is 7.77. The molecule has 0 spiro atoms. The lowest BCUT2D eigenvalue weighted by Crippen LogP contribution is -2.27. The summed E-state index contributed by atoms with van der Waals surface area (Å²) in [5.74, 6) is 1.46. The second kappa shape index (κ2) is 4.96. The number of piperidine rings is 1. The molecule has 3 aromatic rings. The van der Waals surface area contributed by atoms with Gasteiger partial charge in [-0.25, -0.2) is 0 Å². The number of rotatable bonds is 2. The number of fused-ring (bicyclic) bond motifs is 1. The Labute approximate surface area is 120 Å². The maximum absolute atomic E-state index is 4.73. The molecule has 0 aromatic carbocycles. The second-order valence-corrected chi connectivity index (χ2v) is 6.00. The van der Waals surface area contributed by atoms with E-state index >= 15 is 0 Å². The average molecular weight is 285 g/mol. The van der Waals surface area contributed by atoms with E-state index in [9.17, 15) is 0 Å². The van der Waals surface area contributed by atoms with Crippen LogP contribution in [0.2, 0.25) is 0 Å². The molecule has 5 nitrogen and oxygen atoms in total. The van der Waals surface area contributed by atoms with Gasteiger partial charge in [0.15, 0.2) is 11.5 Å². The third kappa shape index (κ3) is 2.01. The van der Waals surface area contributed by atoms with Crippen LogP contribution in [0.4, 0.5) is 0 Å². The first-order chi connectivity index (χ1) is 9.92. The number of nitrogens with one attached hydrogen (secondary N) is 1. The Hall–Kier alpha value is -1.79. The zero-order chi connectivity index (χ0) is 13.4. The molecule has 20 heavy (non-hydrogen) atoms. The molecular weight excluding hydrogens is 270 g/mol. The number of hydrogen-bond donors (Lipinski definition) is 1. The summed E-state index contributed by atoms with van der Waals surface area (Å²) in [7, 11) is 0. The predicted molar refractivity (Wildman–Crippen MR) is 78.9 cm³/mol. The van der Waals surface area contributed by atoms with E-state index in [1.54, 1.807) is 11.3 Å². The predicted octanol–water partition coefficient (Wildman–Crippen LogP) is 2.32. The van der Waals surface area contributed by atoms with Crippen molar-refractivity contribution in [2.24, 2.45) is 0 Å². The minimum Gasteiger partial charge on any atom is -0.317 e. The van der Waals surface area contributed by atoms with Gasteiger partial charge in [0, 0.05) is 5.92 Å². The molecule has 0 atom stereocenters. The van der Waals surface area contributed by atoms with Crippen molar-refractivity contribution in [3.63, 3.8) is 0 Å². The summed E-state index contributed by atoms with van der Waals surface area (Å²) in [6, 6.07) is 8.15. The highest BCUT2D eigenvalue weighted by Gasteiger charge is 2.21. The van der Waals surface area contributed by atoms with E-state index in [4.69, 9.17) is 5.10 Å². The zero-order valence-electron chi connectivity index (χ0n) is 11.0. The zero-order valence-corrected chi connectivity index (χ0v) is 11.8. The molecule has 1 N–H and O–H groups in total. The van der Waals surface area contributed by atoms with Crippen molar-refractivity contribution in [1.29, 1.82) is 0 Å². The Morgan fingerprint density at radius 3 is 2.85 bits per heavy atom. The van der Waals surface area contributed by atoms with Gasteiger partial charge >= 0.3 is 0 Å². The first-order valence-electron chi connectivity index (χ1n) is 6.89. The quantitative estimate of drug-likeness (QED) is 0.785. The highest BCUT2D eigenvalue weighted by atomic mass is 32.1. The summed E-state index contributed by atoms with van der Waals surface area (Å²) in [6.07, 6.45) is 2.21. The molecule has 0 radical (unpaired) electrons. The van der Waals surface area contributed by atoms with Crippen molar-refractivity contribution in [3.8, 4) is 10.6 Å². The molecule has 3 aromatic heterocycles. The molecular formula is C14H15N5S. The molecule has 0 amide bonds. The van der Waals surface area contributed by atoms with E-state index in [0.29, 0.717) is 5.92 Å². The molecule has 1 aliphatic rings. The smallest absolute Gasteiger partial charge is 0.177 e. The van der Waals surface area contributed by atoms with Crippen LogP contribution in [0.5, 0.6) is 0 Å². The van der Waals surface area contributed by atoms with Crippen molar-refractivity contribution in [3.05, 3.63) is 35.5 Å². The van der Waals surface area contributed by atoms with Crippen LogP contribution < -0.4 is 5.32 Å². The number of aromatic nitrogens is 4. The van der Waals surface area contributed by atoms with Crippen molar-refractivity contribution in [1.82, 2.24) is 25.1 Å². The van der Waals surface area contributed by atoms with Gasteiger partial charge in [-0.3, -0.25) is 0 Å². The summed E-state index contributed by atoms with van der Waals surface area (Å²) < 4.78 is 1.92. The number of nitrogens with zero attached hydrogens (tertiary/aromatic N) is 4. The van der Waals surface area contributed by atoms with Gasteiger partial charge in [-0.1, -0.05) is 6.07 Å². The van der Waals surface area contributed by atoms with Gasteiger partial charge in [-0.05, 0) is 49.5 Å². The molecule has 0 bridgehead atoms. The summed E-state index contributed by atoms with van der Waals surface area (Å²) in [6.45, 7) is 2.09. The molecule has 1 saturated heterocycles. The number of hydrogen-bond acceptors (Lipinski definition) is 5. The van der Waals surface area contributed by atoms with Crippen LogP contribution in [0, 0.1) is 0 Å². The second-order valence-electron chi connectivity index (χ2n) is 5.05. The Balaban J connectivity index is 1.79. The lowest BCUT2D eigenvalue weighted by molar-refractivity contribution is 0.439. The fraction of sp³-hybridized carbons (Fsp3) is 0.357. The van der Waals surface area contributed by atoms with E-state index in [-0.39, 0.29) is 0 Å². The lowest BCUT2D eigenvalue weighted by atomic mass is 9.97. The molecule has 4 heterocycles. The van der Waals surface area contributed by atoms with Gasteiger partial charge in [-0.15, -0.1) is 21.5 Å². The maximum atomic E-state index is 4.73. The van der Waals surface area contributed by atoms with Crippen LogP contribution in [0.1, 0.15) is 24.6 Å². The summed E-state index contributed by atoms with van der Waals surface area (Å²) >= 11 is 1.70. The summed E-state index contributed by atoms with van der Waals surface area (Å²) in [4.78, 5) is 1.18. The molecule has 102 valence electrons. The molecule has 6 heteroatoms. The maximum Gasteiger partial charge on any atom is 0.177 e. The molecule has 4 rings (SSSR count). The highest BCUT2D eigenvalue weighted by molar-refractivity contribution is 7.13. The Kier molecular flexibility index (Phi) is 2.97. The largest absolute Gasteiger partial charge is 0.317 e. The molecule has 0 unspecified atom stereocenters. The third-order valence-electron chi connectivity index (χ3n) is 3.76. The van der Waals surface area contributed by atoms with Crippen molar-refractivity contribution in [2.45, 2.75) is 18.8 Å². The third-order valence-corrected chi connectivity index (χ3v) is 4.66. The van der Waals surface area contributed by atoms with Gasteiger partial charge in [0.1, 0.15) is 5.69 Å². The highest BCUT2D eigenvalue weighted by Crippen LogP contribution is 2.26. The number of thiophene rings is 1. The van der Waals surface area contributed by atoms with Gasteiger partial charge in [0.05, 0.1) is 4.88 Å².